The number of methoxy groups -OCH3 is 1. The molecule has 2 aliphatic heterocycles. The summed E-state index contributed by atoms with van der Waals surface area (Å²) in [5.41, 5.74) is 1.04. The third kappa shape index (κ3) is 5.28. The Morgan fingerprint density at radius 3 is 2.58 bits per heavy atom. The van der Waals surface area contributed by atoms with Crippen molar-refractivity contribution in [2.24, 2.45) is 0 Å². The van der Waals surface area contributed by atoms with Gasteiger partial charge in [-0.3, -0.25) is 14.4 Å². The van der Waals surface area contributed by atoms with Gasteiger partial charge in [0.15, 0.2) is 5.25 Å². The molecule has 3 amide bonds. The van der Waals surface area contributed by atoms with Crippen molar-refractivity contribution in [1.29, 1.82) is 0 Å². The molecule has 2 aromatic rings. The third-order valence-electron chi connectivity index (χ3n) is 5.77. The van der Waals surface area contributed by atoms with Crippen LogP contribution in [-0.4, -0.2) is 54.6 Å². The molecule has 0 aliphatic carbocycles. The Labute approximate surface area is 202 Å². The van der Waals surface area contributed by atoms with E-state index in [2.05, 4.69) is 5.32 Å². The van der Waals surface area contributed by atoms with Gasteiger partial charge in [0.05, 0.1) is 18.5 Å². The minimum Gasteiger partial charge on any atom is -0.495 e. The molecule has 0 saturated carbocycles. The topological polar surface area (TPSA) is 79.0 Å². The molecule has 0 unspecified atom stereocenters. The van der Waals surface area contributed by atoms with Gasteiger partial charge in [0, 0.05) is 23.0 Å². The van der Waals surface area contributed by atoms with Crippen LogP contribution in [0.25, 0.3) is 0 Å². The number of anilines is 2. The molecule has 1 atom stereocenters. The molecule has 7 nitrogen and oxygen atoms in total. The molecular weight excluding hydrogens is 462 g/mol. The molecule has 0 radical (unpaired) electrons. The van der Waals surface area contributed by atoms with Crippen molar-refractivity contribution in [2.45, 2.75) is 35.8 Å². The first-order valence-corrected chi connectivity index (χ1v) is 12.2. The van der Waals surface area contributed by atoms with Crippen LogP contribution in [0.2, 0.25) is 5.02 Å². The van der Waals surface area contributed by atoms with E-state index in [4.69, 9.17) is 16.3 Å². The Morgan fingerprint density at radius 1 is 1.12 bits per heavy atom. The summed E-state index contributed by atoms with van der Waals surface area (Å²) in [6.07, 6.45) is 4.08. The second-order valence-electron chi connectivity index (χ2n) is 8.02. The van der Waals surface area contributed by atoms with Crippen LogP contribution in [0.4, 0.5) is 11.4 Å². The molecule has 174 valence electrons. The van der Waals surface area contributed by atoms with Crippen molar-refractivity contribution in [3.05, 3.63) is 47.5 Å². The number of benzene rings is 2. The van der Waals surface area contributed by atoms with E-state index in [1.807, 2.05) is 18.2 Å². The maximum Gasteiger partial charge on any atom is 0.250 e. The lowest BCUT2D eigenvalue weighted by Crippen LogP contribution is -2.51. The summed E-state index contributed by atoms with van der Waals surface area (Å²) in [7, 11) is 1.50. The van der Waals surface area contributed by atoms with Crippen molar-refractivity contribution in [3.63, 3.8) is 0 Å². The summed E-state index contributed by atoms with van der Waals surface area (Å²) in [6, 6.07) is 12.3. The van der Waals surface area contributed by atoms with Crippen LogP contribution in [0.15, 0.2) is 47.4 Å². The van der Waals surface area contributed by atoms with Crippen molar-refractivity contribution in [3.8, 4) is 5.75 Å². The molecule has 0 spiro atoms. The number of amides is 3. The van der Waals surface area contributed by atoms with Gasteiger partial charge >= 0.3 is 0 Å². The highest BCUT2D eigenvalue weighted by molar-refractivity contribution is 8.01. The highest BCUT2D eigenvalue weighted by atomic mass is 35.5. The normalized spacial score (nSPS) is 18.4. The van der Waals surface area contributed by atoms with Crippen LogP contribution in [0.5, 0.6) is 5.75 Å². The molecular formula is C24H26ClN3O4S. The Morgan fingerprint density at radius 2 is 1.85 bits per heavy atom. The molecule has 2 aromatic carbocycles. The lowest BCUT2D eigenvalue weighted by Gasteiger charge is -2.34. The quantitative estimate of drug-likeness (QED) is 0.639. The van der Waals surface area contributed by atoms with Crippen LogP contribution >= 0.6 is 23.4 Å². The van der Waals surface area contributed by atoms with Crippen LogP contribution in [-0.2, 0) is 14.4 Å². The van der Waals surface area contributed by atoms with E-state index in [1.165, 1.54) is 23.8 Å². The number of ether oxygens (including phenoxy) is 1. The minimum absolute atomic E-state index is 0.177. The fraction of sp³-hybridized carbons (Fsp3) is 0.375. The molecule has 4 rings (SSSR count). The number of para-hydroxylation sites is 1. The number of fused-ring (bicyclic) bond motifs is 1. The van der Waals surface area contributed by atoms with Gasteiger partial charge in [-0.1, -0.05) is 36.6 Å². The van der Waals surface area contributed by atoms with E-state index in [0.29, 0.717) is 35.2 Å². The molecule has 9 heteroatoms. The number of likely N-dealkylation sites (tertiary alicyclic amines) is 1. The van der Waals surface area contributed by atoms with Gasteiger partial charge in [-0.05, 0) is 43.2 Å². The summed E-state index contributed by atoms with van der Waals surface area (Å²) in [6.45, 7) is 1.11. The maximum atomic E-state index is 13.5. The number of hydrogen-bond acceptors (Lipinski definition) is 5. The largest absolute Gasteiger partial charge is 0.495 e. The summed E-state index contributed by atoms with van der Waals surface area (Å²) in [5.74, 6) is -0.501. The average Bonchev–Trinajstić information content (AvgIpc) is 3.10. The second-order valence-corrected chi connectivity index (χ2v) is 9.61. The highest BCUT2D eigenvalue weighted by Crippen LogP contribution is 2.40. The number of carbonyl (C=O) groups is 3. The summed E-state index contributed by atoms with van der Waals surface area (Å²) in [5, 5.41) is 2.32. The fourth-order valence-corrected chi connectivity index (χ4v) is 5.46. The first kappa shape index (κ1) is 23.4. The third-order valence-corrected chi connectivity index (χ3v) is 7.24. The van der Waals surface area contributed by atoms with Gasteiger partial charge in [0.1, 0.15) is 12.3 Å². The summed E-state index contributed by atoms with van der Waals surface area (Å²) >= 11 is 7.33. The number of thioether (sulfide) groups is 1. The van der Waals surface area contributed by atoms with E-state index in [1.54, 1.807) is 29.2 Å². The van der Waals surface area contributed by atoms with Crippen LogP contribution in [0.1, 0.15) is 25.7 Å². The monoisotopic (exact) mass is 487 g/mol. The molecule has 0 bridgehead atoms. The first-order valence-electron chi connectivity index (χ1n) is 11.0. The average molecular weight is 488 g/mol. The zero-order valence-electron chi connectivity index (χ0n) is 18.4. The lowest BCUT2D eigenvalue weighted by atomic mass is 10.2. The molecule has 1 N–H and O–H groups in total. The Bertz CT molecular complexity index is 1060. The van der Waals surface area contributed by atoms with Gasteiger partial charge in [-0.25, -0.2) is 0 Å². The number of hydrogen-bond donors (Lipinski definition) is 1. The smallest absolute Gasteiger partial charge is 0.250 e. The van der Waals surface area contributed by atoms with Crippen LogP contribution in [0, 0.1) is 0 Å². The Hall–Kier alpha value is -2.71. The lowest BCUT2D eigenvalue weighted by molar-refractivity contribution is -0.135. The molecule has 2 heterocycles. The van der Waals surface area contributed by atoms with E-state index in [9.17, 15) is 14.4 Å². The Balaban J connectivity index is 1.56. The fourth-order valence-electron chi connectivity index (χ4n) is 4.10. The van der Waals surface area contributed by atoms with Crippen molar-refractivity contribution < 1.29 is 19.1 Å². The molecule has 1 fully saturated rings. The first-order chi connectivity index (χ1) is 16.0. The predicted molar refractivity (Wildman–Crippen MR) is 130 cm³/mol. The van der Waals surface area contributed by atoms with Gasteiger partial charge in [-0.15, -0.1) is 11.8 Å². The molecule has 33 heavy (non-hydrogen) atoms. The number of carbonyl (C=O) groups excluding carboxylic acids is 3. The van der Waals surface area contributed by atoms with Gasteiger partial charge < -0.3 is 19.9 Å². The number of halogens is 1. The van der Waals surface area contributed by atoms with Gasteiger partial charge in [0.25, 0.3) is 5.91 Å². The predicted octanol–water partition coefficient (Wildman–Crippen LogP) is 4.20. The molecule has 2 aliphatic rings. The minimum atomic E-state index is -0.897. The number of nitrogens with zero attached hydrogens (tertiary/aromatic N) is 2. The van der Waals surface area contributed by atoms with Gasteiger partial charge in [0.2, 0.25) is 11.8 Å². The van der Waals surface area contributed by atoms with Crippen molar-refractivity contribution in [1.82, 2.24) is 4.90 Å². The highest BCUT2D eigenvalue weighted by Gasteiger charge is 2.40. The van der Waals surface area contributed by atoms with E-state index in [-0.39, 0.29) is 18.4 Å². The van der Waals surface area contributed by atoms with E-state index < -0.39 is 11.2 Å². The molecule has 0 aromatic heterocycles. The number of rotatable bonds is 5. The van der Waals surface area contributed by atoms with Gasteiger partial charge in [-0.2, -0.15) is 0 Å². The number of nitrogens with one attached hydrogen (secondary N) is 1. The van der Waals surface area contributed by atoms with Crippen molar-refractivity contribution in [2.75, 3.05) is 37.0 Å². The molecule has 1 saturated heterocycles. The summed E-state index contributed by atoms with van der Waals surface area (Å²) in [4.78, 5) is 43.7. The zero-order valence-corrected chi connectivity index (χ0v) is 20.0. The summed E-state index contributed by atoms with van der Waals surface area (Å²) < 4.78 is 5.29. The van der Waals surface area contributed by atoms with Crippen LogP contribution < -0.4 is 15.0 Å². The van der Waals surface area contributed by atoms with Crippen molar-refractivity contribution >= 4 is 52.5 Å². The van der Waals surface area contributed by atoms with E-state index in [0.717, 1.165) is 30.6 Å². The van der Waals surface area contributed by atoms with E-state index >= 15 is 0 Å². The second kappa shape index (κ2) is 10.5. The Kier molecular flexibility index (Phi) is 7.45. The maximum absolute atomic E-state index is 13.5. The van der Waals surface area contributed by atoms with Crippen LogP contribution in [0.3, 0.4) is 0 Å². The zero-order chi connectivity index (χ0) is 23.4. The SMILES string of the molecule is COc1ccc(Cl)cc1NC(=O)CN1C(=O)[C@@H](C(=O)N2CCCCCC2)Sc2ccccc21. The standard InChI is InChI=1S/C24H26ClN3O4S/c1-32-19-11-10-16(25)14-17(19)26-21(29)15-28-18-8-4-5-9-20(18)33-22(24(28)31)23(30)27-12-6-2-3-7-13-27/h4-5,8-11,14,22H,2-3,6-7,12-13,15H2,1H3,(H,26,29)/t22-/m1/s1.